The van der Waals surface area contributed by atoms with E-state index in [1.807, 2.05) is 32.9 Å². The molecule has 0 aliphatic rings. The second kappa shape index (κ2) is 7.71. The fraction of sp³-hybridized carbons (Fsp3) is 0.190. The fourth-order valence-corrected chi connectivity index (χ4v) is 2.38. The molecular formula is C21H22O4. The molecule has 2 rings (SSSR count). The maximum absolute atomic E-state index is 12.4. The first-order valence-electron chi connectivity index (χ1n) is 7.98. The van der Waals surface area contributed by atoms with Crippen molar-refractivity contribution in [2.45, 2.75) is 27.2 Å². The molecule has 3 N–H and O–H groups in total. The molecule has 4 nitrogen and oxygen atoms in total. The van der Waals surface area contributed by atoms with Crippen molar-refractivity contribution in [3.63, 3.8) is 0 Å². The van der Waals surface area contributed by atoms with E-state index in [9.17, 15) is 20.1 Å². The molecule has 0 atom stereocenters. The van der Waals surface area contributed by atoms with E-state index in [1.165, 1.54) is 24.3 Å². The molecule has 0 amide bonds. The largest absolute Gasteiger partial charge is 0.508 e. The molecule has 0 aromatic heterocycles. The van der Waals surface area contributed by atoms with Gasteiger partial charge in [0.1, 0.15) is 17.2 Å². The van der Waals surface area contributed by atoms with E-state index in [0.717, 1.165) is 11.1 Å². The predicted molar refractivity (Wildman–Crippen MR) is 99.1 cm³/mol. The van der Waals surface area contributed by atoms with Gasteiger partial charge in [-0.05, 0) is 63.1 Å². The molecule has 0 fully saturated rings. The van der Waals surface area contributed by atoms with Gasteiger partial charge in [0.25, 0.3) is 0 Å². The van der Waals surface area contributed by atoms with Crippen LogP contribution in [0.3, 0.4) is 0 Å². The molecular weight excluding hydrogens is 316 g/mol. The molecule has 0 saturated heterocycles. The van der Waals surface area contributed by atoms with E-state index in [2.05, 4.69) is 0 Å². The van der Waals surface area contributed by atoms with Crippen molar-refractivity contribution in [1.82, 2.24) is 0 Å². The van der Waals surface area contributed by atoms with Crippen molar-refractivity contribution in [2.24, 2.45) is 0 Å². The summed E-state index contributed by atoms with van der Waals surface area (Å²) in [5.41, 5.74) is 2.91. The Morgan fingerprint density at radius 3 is 2.40 bits per heavy atom. The summed E-state index contributed by atoms with van der Waals surface area (Å²) in [5.74, 6) is -0.592. The number of rotatable bonds is 5. The van der Waals surface area contributed by atoms with Gasteiger partial charge in [0.15, 0.2) is 5.78 Å². The lowest BCUT2D eigenvalue weighted by Gasteiger charge is -2.09. The Kier molecular flexibility index (Phi) is 5.65. The molecule has 2 aromatic carbocycles. The first kappa shape index (κ1) is 18.3. The zero-order valence-electron chi connectivity index (χ0n) is 14.6. The summed E-state index contributed by atoms with van der Waals surface area (Å²) in [7, 11) is 0. The minimum atomic E-state index is -0.407. The van der Waals surface area contributed by atoms with Gasteiger partial charge >= 0.3 is 0 Å². The van der Waals surface area contributed by atoms with E-state index >= 15 is 0 Å². The number of benzene rings is 2. The van der Waals surface area contributed by atoms with Gasteiger partial charge in [-0.1, -0.05) is 23.8 Å². The highest BCUT2D eigenvalue weighted by molar-refractivity contribution is 6.09. The van der Waals surface area contributed by atoms with E-state index in [4.69, 9.17) is 0 Å². The van der Waals surface area contributed by atoms with Gasteiger partial charge < -0.3 is 15.3 Å². The van der Waals surface area contributed by atoms with Crippen LogP contribution >= 0.6 is 0 Å². The summed E-state index contributed by atoms with van der Waals surface area (Å²) in [6, 6.07) is 7.95. The summed E-state index contributed by atoms with van der Waals surface area (Å²) in [5, 5.41) is 30.2. The summed E-state index contributed by atoms with van der Waals surface area (Å²) in [6.07, 6.45) is 4.99. The highest BCUT2D eigenvalue weighted by Gasteiger charge is 2.15. The molecule has 130 valence electrons. The molecule has 2 aromatic rings. The number of hydrogen-bond donors (Lipinski definition) is 3. The molecule has 0 heterocycles. The molecule has 0 bridgehead atoms. The summed E-state index contributed by atoms with van der Waals surface area (Å²) < 4.78 is 0. The number of aromatic hydroxyl groups is 3. The third kappa shape index (κ3) is 4.51. The zero-order chi connectivity index (χ0) is 18.6. The van der Waals surface area contributed by atoms with Crippen LogP contribution in [0, 0.1) is 6.92 Å². The number of phenols is 3. The lowest BCUT2D eigenvalue weighted by molar-refractivity contribution is 0.104. The average Bonchev–Trinajstić information content (AvgIpc) is 2.53. The number of allylic oxidation sites excluding steroid dienone is 3. The fourth-order valence-electron chi connectivity index (χ4n) is 2.38. The van der Waals surface area contributed by atoms with E-state index in [-0.39, 0.29) is 22.8 Å². The lowest BCUT2D eigenvalue weighted by Crippen LogP contribution is -1.98. The lowest BCUT2D eigenvalue weighted by atomic mass is 10.0. The zero-order valence-corrected chi connectivity index (χ0v) is 14.6. The van der Waals surface area contributed by atoms with Crippen molar-refractivity contribution in [2.75, 3.05) is 0 Å². The van der Waals surface area contributed by atoms with Crippen LogP contribution in [0.4, 0.5) is 0 Å². The SMILES string of the molecule is CC(C)=CCc1c(O)ccc(C(=O)/C=C/c2ccc(C)cc2O)c1O. The smallest absolute Gasteiger partial charge is 0.189 e. The molecule has 0 spiro atoms. The Morgan fingerprint density at radius 2 is 1.76 bits per heavy atom. The van der Waals surface area contributed by atoms with Gasteiger partial charge in [-0.15, -0.1) is 0 Å². The Morgan fingerprint density at radius 1 is 1.04 bits per heavy atom. The molecule has 0 aliphatic carbocycles. The van der Waals surface area contributed by atoms with E-state index in [0.29, 0.717) is 17.5 Å². The van der Waals surface area contributed by atoms with Crippen LogP contribution in [0.5, 0.6) is 17.2 Å². The van der Waals surface area contributed by atoms with E-state index in [1.54, 1.807) is 12.1 Å². The van der Waals surface area contributed by atoms with Crippen molar-refractivity contribution < 1.29 is 20.1 Å². The van der Waals surface area contributed by atoms with Crippen LogP contribution in [-0.4, -0.2) is 21.1 Å². The number of ketones is 1. The number of carbonyl (C=O) groups is 1. The molecule has 4 heteroatoms. The van der Waals surface area contributed by atoms with Gasteiger partial charge in [-0.2, -0.15) is 0 Å². The normalized spacial score (nSPS) is 10.8. The van der Waals surface area contributed by atoms with Crippen LogP contribution in [0.25, 0.3) is 6.08 Å². The van der Waals surface area contributed by atoms with Crippen molar-refractivity contribution in [3.8, 4) is 17.2 Å². The quantitative estimate of drug-likeness (QED) is 0.426. The number of phenolic OH excluding ortho intramolecular Hbond substituents is 3. The van der Waals surface area contributed by atoms with Gasteiger partial charge in [-0.3, -0.25) is 4.79 Å². The number of hydrogen-bond acceptors (Lipinski definition) is 4. The van der Waals surface area contributed by atoms with Gasteiger partial charge in [0.05, 0.1) is 5.56 Å². The Labute approximate surface area is 147 Å². The molecule has 25 heavy (non-hydrogen) atoms. The molecule has 0 aliphatic heterocycles. The third-order valence-electron chi connectivity index (χ3n) is 3.84. The summed E-state index contributed by atoms with van der Waals surface area (Å²) in [4.78, 5) is 12.4. The van der Waals surface area contributed by atoms with Crippen LogP contribution in [0.2, 0.25) is 0 Å². The minimum Gasteiger partial charge on any atom is -0.508 e. The van der Waals surface area contributed by atoms with Gasteiger partial charge in [0.2, 0.25) is 0 Å². The topological polar surface area (TPSA) is 77.8 Å². The second-order valence-corrected chi connectivity index (χ2v) is 6.20. The van der Waals surface area contributed by atoms with Crippen molar-refractivity contribution in [3.05, 3.63) is 70.3 Å². The Bertz CT molecular complexity index is 856. The second-order valence-electron chi connectivity index (χ2n) is 6.20. The number of carbonyl (C=O) groups excluding carboxylic acids is 1. The molecule has 0 saturated carbocycles. The summed E-state index contributed by atoms with van der Waals surface area (Å²) >= 11 is 0. The number of aryl methyl sites for hydroxylation is 1. The Balaban J connectivity index is 2.31. The highest BCUT2D eigenvalue weighted by atomic mass is 16.3. The Hall–Kier alpha value is -3.01. The van der Waals surface area contributed by atoms with E-state index < -0.39 is 5.78 Å². The van der Waals surface area contributed by atoms with Crippen LogP contribution in [0.1, 0.15) is 40.9 Å². The minimum absolute atomic E-state index is 0.0493. The summed E-state index contributed by atoms with van der Waals surface area (Å²) in [6.45, 7) is 5.70. The van der Waals surface area contributed by atoms with Gasteiger partial charge in [0, 0.05) is 11.1 Å². The average molecular weight is 338 g/mol. The molecule has 0 unspecified atom stereocenters. The maximum Gasteiger partial charge on any atom is 0.189 e. The standard InChI is InChI=1S/C21H22O4/c1-13(2)4-8-16-19(23)11-9-17(21(16)25)18(22)10-7-15-6-5-14(3)12-20(15)24/h4-7,9-12,23-25H,8H2,1-3H3/b10-7+. The molecule has 0 radical (unpaired) electrons. The maximum atomic E-state index is 12.4. The van der Waals surface area contributed by atoms with Crippen molar-refractivity contribution >= 4 is 11.9 Å². The van der Waals surface area contributed by atoms with Crippen LogP contribution in [0.15, 0.2) is 48.1 Å². The van der Waals surface area contributed by atoms with Gasteiger partial charge in [-0.25, -0.2) is 0 Å². The first-order valence-corrected chi connectivity index (χ1v) is 7.98. The third-order valence-corrected chi connectivity index (χ3v) is 3.84. The van der Waals surface area contributed by atoms with Crippen LogP contribution in [-0.2, 0) is 6.42 Å². The van der Waals surface area contributed by atoms with Crippen LogP contribution < -0.4 is 0 Å². The highest BCUT2D eigenvalue weighted by Crippen LogP contribution is 2.32. The first-order chi connectivity index (χ1) is 11.8. The van der Waals surface area contributed by atoms with Crippen molar-refractivity contribution in [1.29, 1.82) is 0 Å². The monoisotopic (exact) mass is 338 g/mol. The predicted octanol–water partition coefficient (Wildman–Crippen LogP) is 4.52.